The molecule has 0 aliphatic carbocycles. The van der Waals surface area contributed by atoms with Crippen LogP contribution in [0.4, 0.5) is 16.3 Å². The summed E-state index contributed by atoms with van der Waals surface area (Å²) < 4.78 is 5.54. The van der Waals surface area contributed by atoms with Crippen LogP contribution in [-0.2, 0) is 4.79 Å². The molecule has 0 spiro atoms. The number of aromatic nitrogens is 1. The van der Waals surface area contributed by atoms with Crippen LogP contribution >= 0.6 is 0 Å². The number of nitrogens with one attached hydrogen (secondary N) is 1. The molecular formula is C22H29N3O4. The topological polar surface area (TPSA) is 91.8 Å². The van der Waals surface area contributed by atoms with Crippen LogP contribution in [0, 0.1) is 6.92 Å². The number of nitrogens with zero attached hydrogens (tertiary/aromatic N) is 2. The van der Waals surface area contributed by atoms with E-state index < -0.39 is 11.6 Å². The second kappa shape index (κ2) is 9.91. The van der Waals surface area contributed by atoms with Crippen LogP contribution in [0.15, 0.2) is 42.6 Å². The van der Waals surface area contributed by atoms with Crippen molar-refractivity contribution >= 4 is 23.5 Å². The number of urea groups is 1. The SMILES string of the molecule is CCCCCN(C(=O)Nc1ccc(C)cn1)c1ccc(OC(C)(C)C(=O)O)cc1. The zero-order chi connectivity index (χ0) is 21.4. The van der Waals surface area contributed by atoms with E-state index in [4.69, 9.17) is 4.74 Å². The molecule has 2 rings (SSSR count). The third kappa shape index (κ3) is 6.48. The molecule has 0 unspecified atom stereocenters. The van der Waals surface area contributed by atoms with Crippen molar-refractivity contribution in [3.8, 4) is 5.75 Å². The van der Waals surface area contributed by atoms with Gasteiger partial charge in [-0.3, -0.25) is 10.2 Å². The van der Waals surface area contributed by atoms with Crippen molar-refractivity contribution in [2.75, 3.05) is 16.8 Å². The van der Waals surface area contributed by atoms with E-state index in [0.29, 0.717) is 23.8 Å². The third-order valence-corrected chi connectivity index (χ3v) is 4.41. The van der Waals surface area contributed by atoms with Crippen molar-refractivity contribution in [3.05, 3.63) is 48.2 Å². The Hall–Kier alpha value is -3.09. The van der Waals surface area contributed by atoms with Gasteiger partial charge in [-0.2, -0.15) is 0 Å². The van der Waals surface area contributed by atoms with E-state index in [0.717, 1.165) is 24.8 Å². The number of benzene rings is 1. The number of carbonyl (C=O) groups excluding carboxylic acids is 1. The number of aliphatic carboxylic acids is 1. The van der Waals surface area contributed by atoms with Crippen LogP contribution in [0.1, 0.15) is 45.6 Å². The Morgan fingerprint density at radius 2 is 1.83 bits per heavy atom. The highest BCUT2D eigenvalue weighted by atomic mass is 16.5. The van der Waals surface area contributed by atoms with E-state index in [1.165, 1.54) is 13.8 Å². The van der Waals surface area contributed by atoms with E-state index in [1.54, 1.807) is 41.4 Å². The maximum atomic E-state index is 12.9. The second-order valence-corrected chi connectivity index (χ2v) is 7.42. The first-order valence-electron chi connectivity index (χ1n) is 9.76. The minimum absolute atomic E-state index is 0.267. The van der Waals surface area contributed by atoms with Gasteiger partial charge in [0.25, 0.3) is 0 Å². The maximum absolute atomic E-state index is 12.9. The number of ether oxygens (including phenoxy) is 1. The van der Waals surface area contributed by atoms with Gasteiger partial charge in [-0.05, 0) is 63.1 Å². The maximum Gasteiger partial charge on any atom is 0.347 e. The van der Waals surface area contributed by atoms with Crippen molar-refractivity contribution in [2.24, 2.45) is 0 Å². The molecule has 29 heavy (non-hydrogen) atoms. The quantitative estimate of drug-likeness (QED) is 0.588. The molecule has 156 valence electrons. The Balaban J connectivity index is 2.16. The molecule has 7 heteroatoms. The molecule has 0 saturated heterocycles. The van der Waals surface area contributed by atoms with Crippen molar-refractivity contribution in [1.29, 1.82) is 0 Å². The van der Waals surface area contributed by atoms with Crippen molar-refractivity contribution < 1.29 is 19.4 Å². The van der Waals surface area contributed by atoms with Gasteiger partial charge in [0, 0.05) is 18.4 Å². The number of unbranched alkanes of at least 4 members (excludes halogenated alkanes) is 2. The number of carboxylic acids is 1. The normalized spacial score (nSPS) is 11.0. The Bertz CT molecular complexity index is 817. The van der Waals surface area contributed by atoms with Gasteiger partial charge in [0.15, 0.2) is 5.60 Å². The fraction of sp³-hybridized carbons (Fsp3) is 0.409. The summed E-state index contributed by atoms with van der Waals surface area (Å²) >= 11 is 0. The second-order valence-electron chi connectivity index (χ2n) is 7.42. The highest BCUT2D eigenvalue weighted by molar-refractivity contribution is 6.01. The Morgan fingerprint density at radius 1 is 1.14 bits per heavy atom. The fourth-order valence-electron chi connectivity index (χ4n) is 2.62. The van der Waals surface area contributed by atoms with Gasteiger partial charge in [-0.1, -0.05) is 25.8 Å². The lowest BCUT2D eigenvalue weighted by Gasteiger charge is -2.25. The molecule has 0 bridgehead atoms. The van der Waals surface area contributed by atoms with Crippen LogP contribution < -0.4 is 15.0 Å². The molecule has 2 aromatic rings. The fourth-order valence-corrected chi connectivity index (χ4v) is 2.62. The van der Waals surface area contributed by atoms with Crippen molar-refractivity contribution in [1.82, 2.24) is 4.98 Å². The molecule has 7 nitrogen and oxygen atoms in total. The molecule has 0 saturated carbocycles. The van der Waals surface area contributed by atoms with E-state index in [2.05, 4.69) is 17.2 Å². The van der Waals surface area contributed by atoms with Crippen LogP contribution in [0.2, 0.25) is 0 Å². The highest BCUT2D eigenvalue weighted by Gasteiger charge is 2.29. The lowest BCUT2D eigenvalue weighted by Crippen LogP contribution is -2.38. The summed E-state index contributed by atoms with van der Waals surface area (Å²) in [5.74, 6) is -0.132. The summed E-state index contributed by atoms with van der Waals surface area (Å²) in [5.41, 5.74) is 0.380. The van der Waals surface area contributed by atoms with Gasteiger partial charge in [0.1, 0.15) is 11.6 Å². The first kappa shape index (κ1) is 22.2. The number of amides is 2. The van der Waals surface area contributed by atoms with Gasteiger partial charge in [-0.25, -0.2) is 14.6 Å². The molecule has 0 radical (unpaired) electrons. The van der Waals surface area contributed by atoms with Crippen LogP contribution in [0.3, 0.4) is 0 Å². The summed E-state index contributed by atoms with van der Waals surface area (Å²) in [6, 6.07) is 10.2. The first-order valence-corrected chi connectivity index (χ1v) is 9.76. The summed E-state index contributed by atoms with van der Waals surface area (Å²) in [7, 11) is 0. The predicted molar refractivity (Wildman–Crippen MR) is 114 cm³/mol. The number of rotatable bonds is 9. The molecule has 2 N–H and O–H groups in total. The third-order valence-electron chi connectivity index (χ3n) is 4.41. The number of aryl methyl sites for hydroxylation is 1. The Morgan fingerprint density at radius 3 is 2.38 bits per heavy atom. The standard InChI is InChI=1S/C22H29N3O4/c1-5-6-7-14-25(21(28)24-19-13-8-16(2)15-23-19)17-9-11-18(12-10-17)29-22(3,4)20(26)27/h8-13,15H,5-7,14H2,1-4H3,(H,26,27)(H,23,24,28). The van der Waals surface area contributed by atoms with E-state index in [1.807, 2.05) is 13.0 Å². The zero-order valence-corrected chi connectivity index (χ0v) is 17.4. The van der Waals surface area contributed by atoms with E-state index in [9.17, 15) is 14.7 Å². The number of hydrogen-bond acceptors (Lipinski definition) is 4. The van der Waals surface area contributed by atoms with Gasteiger partial charge in [0.05, 0.1) is 0 Å². The van der Waals surface area contributed by atoms with Crippen LogP contribution in [0.25, 0.3) is 0 Å². The molecule has 1 heterocycles. The minimum atomic E-state index is -1.34. The van der Waals surface area contributed by atoms with Crippen molar-refractivity contribution in [3.63, 3.8) is 0 Å². The summed E-state index contributed by atoms with van der Waals surface area (Å²) in [4.78, 5) is 30.0. The summed E-state index contributed by atoms with van der Waals surface area (Å²) in [6.07, 6.45) is 4.63. The minimum Gasteiger partial charge on any atom is -0.478 e. The average Bonchev–Trinajstić information content (AvgIpc) is 2.67. The first-order chi connectivity index (χ1) is 13.7. The molecule has 0 atom stereocenters. The lowest BCUT2D eigenvalue weighted by molar-refractivity contribution is -0.152. The number of anilines is 2. The number of carboxylic acid groups (broad SMARTS) is 1. The molecule has 0 aliphatic rings. The van der Waals surface area contributed by atoms with E-state index in [-0.39, 0.29) is 6.03 Å². The average molecular weight is 399 g/mol. The summed E-state index contributed by atoms with van der Waals surface area (Å²) in [5, 5.41) is 12.0. The highest BCUT2D eigenvalue weighted by Crippen LogP contribution is 2.24. The van der Waals surface area contributed by atoms with Crippen molar-refractivity contribution in [2.45, 2.75) is 52.6 Å². The van der Waals surface area contributed by atoms with Gasteiger partial charge in [0.2, 0.25) is 0 Å². The monoisotopic (exact) mass is 399 g/mol. The van der Waals surface area contributed by atoms with Gasteiger partial charge < -0.3 is 9.84 Å². The number of hydrogen-bond donors (Lipinski definition) is 2. The largest absolute Gasteiger partial charge is 0.478 e. The summed E-state index contributed by atoms with van der Waals surface area (Å²) in [6.45, 7) is 7.58. The van der Waals surface area contributed by atoms with Crippen LogP contribution in [0.5, 0.6) is 5.75 Å². The number of pyridine rings is 1. The van der Waals surface area contributed by atoms with E-state index >= 15 is 0 Å². The molecule has 1 aromatic heterocycles. The smallest absolute Gasteiger partial charge is 0.347 e. The molecular weight excluding hydrogens is 370 g/mol. The molecule has 1 aromatic carbocycles. The zero-order valence-electron chi connectivity index (χ0n) is 17.4. The molecule has 2 amide bonds. The van der Waals surface area contributed by atoms with Gasteiger partial charge >= 0.3 is 12.0 Å². The number of carbonyl (C=O) groups is 2. The molecule has 0 fully saturated rings. The predicted octanol–water partition coefficient (Wildman–Crippen LogP) is 4.86. The van der Waals surface area contributed by atoms with Gasteiger partial charge in [-0.15, -0.1) is 0 Å². The van der Waals surface area contributed by atoms with Crippen LogP contribution in [-0.4, -0.2) is 34.2 Å². The lowest BCUT2D eigenvalue weighted by atomic mass is 10.1. The Labute approximate surface area is 171 Å². The Kier molecular flexibility index (Phi) is 7.59. The molecule has 0 aliphatic heterocycles.